The summed E-state index contributed by atoms with van der Waals surface area (Å²) in [6.45, 7) is 8.91. The maximum absolute atomic E-state index is 8.71. The first-order valence-corrected chi connectivity index (χ1v) is 6.45. The van der Waals surface area contributed by atoms with E-state index in [1.54, 1.807) is 0 Å². The fraction of sp³-hybridized carbons (Fsp3) is 0.600. The molecule has 0 aliphatic carbocycles. The summed E-state index contributed by atoms with van der Waals surface area (Å²) in [5.41, 5.74) is 2.86. The lowest BCUT2D eigenvalue weighted by Gasteiger charge is -2.26. The highest BCUT2D eigenvalue weighted by atomic mass is 16.2. The first-order chi connectivity index (χ1) is 8.06. The Morgan fingerprint density at radius 3 is 2.65 bits per heavy atom. The van der Waals surface area contributed by atoms with Crippen LogP contribution in [0.15, 0.2) is 24.3 Å². The number of unbranched alkanes of at least 4 members (excludes halogenated alkanes) is 1. The molecule has 0 amide bonds. The molecule has 0 bridgehead atoms. The standard InChI is InChI=1S/C15H25NO/c1-13-7-6-8-14(11-13)15(2,3)12-16-9-4-5-10-17/h6-8,11,16-17H,4-5,9-10,12H2,1-3H3. The molecule has 2 nitrogen and oxygen atoms in total. The van der Waals surface area contributed by atoms with E-state index in [0.717, 1.165) is 25.9 Å². The molecule has 1 rings (SSSR count). The molecule has 0 radical (unpaired) electrons. The van der Waals surface area contributed by atoms with E-state index >= 15 is 0 Å². The summed E-state index contributed by atoms with van der Waals surface area (Å²) in [7, 11) is 0. The molecule has 0 unspecified atom stereocenters. The number of aliphatic hydroxyl groups excluding tert-OH is 1. The minimum atomic E-state index is 0.158. The normalized spacial score (nSPS) is 11.8. The van der Waals surface area contributed by atoms with Crippen LogP contribution in [0.4, 0.5) is 0 Å². The molecule has 0 heterocycles. The molecule has 0 saturated heterocycles. The molecule has 0 aliphatic rings. The zero-order valence-corrected chi connectivity index (χ0v) is 11.3. The van der Waals surface area contributed by atoms with E-state index in [1.165, 1.54) is 11.1 Å². The maximum Gasteiger partial charge on any atom is 0.0431 e. The van der Waals surface area contributed by atoms with Gasteiger partial charge in [-0.2, -0.15) is 0 Å². The van der Waals surface area contributed by atoms with Gasteiger partial charge in [0.1, 0.15) is 0 Å². The van der Waals surface area contributed by atoms with Gasteiger partial charge in [0.2, 0.25) is 0 Å². The average molecular weight is 235 g/mol. The summed E-state index contributed by atoms with van der Waals surface area (Å²) in [6.07, 6.45) is 1.93. The minimum absolute atomic E-state index is 0.158. The molecule has 17 heavy (non-hydrogen) atoms. The van der Waals surface area contributed by atoms with Crippen molar-refractivity contribution in [3.8, 4) is 0 Å². The highest BCUT2D eigenvalue weighted by Crippen LogP contribution is 2.22. The van der Waals surface area contributed by atoms with Gasteiger partial charge in [-0.3, -0.25) is 0 Å². The first-order valence-electron chi connectivity index (χ1n) is 6.45. The highest BCUT2D eigenvalue weighted by Gasteiger charge is 2.19. The van der Waals surface area contributed by atoms with Crippen LogP contribution in [0.1, 0.15) is 37.8 Å². The van der Waals surface area contributed by atoms with E-state index in [0.29, 0.717) is 6.61 Å². The number of aliphatic hydroxyl groups is 1. The molecule has 0 atom stereocenters. The van der Waals surface area contributed by atoms with Crippen molar-refractivity contribution in [2.75, 3.05) is 19.7 Å². The van der Waals surface area contributed by atoms with Crippen molar-refractivity contribution in [3.05, 3.63) is 35.4 Å². The zero-order valence-electron chi connectivity index (χ0n) is 11.3. The van der Waals surface area contributed by atoms with Gasteiger partial charge in [0.25, 0.3) is 0 Å². The van der Waals surface area contributed by atoms with Crippen LogP contribution in [-0.4, -0.2) is 24.8 Å². The Morgan fingerprint density at radius 2 is 2.00 bits per heavy atom. The summed E-state index contributed by atoms with van der Waals surface area (Å²) in [4.78, 5) is 0. The molecule has 0 saturated carbocycles. The van der Waals surface area contributed by atoms with Gasteiger partial charge in [-0.25, -0.2) is 0 Å². The van der Waals surface area contributed by atoms with E-state index in [-0.39, 0.29) is 5.41 Å². The van der Waals surface area contributed by atoms with E-state index in [2.05, 4.69) is 50.4 Å². The van der Waals surface area contributed by atoms with Gasteiger partial charge in [-0.05, 0) is 31.9 Å². The Labute approximate surface area is 105 Å². The number of aryl methyl sites for hydroxylation is 1. The van der Waals surface area contributed by atoms with Crippen molar-refractivity contribution in [1.82, 2.24) is 5.32 Å². The Kier molecular flexibility index (Phi) is 5.66. The second-order valence-corrected chi connectivity index (χ2v) is 5.36. The molecule has 0 aromatic heterocycles. The third kappa shape index (κ3) is 4.88. The lowest BCUT2D eigenvalue weighted by atomic mass is 9.84. The van der Waals surface area contributed by atoms with Crippen molar-refractivity contribution >= 4 is 0 Å². The topological polar surface area (TPSA) is 32.3 Å². The molecule has 0 fully saturated rings. The zero-order chi connectivity index (χ0) is 12.7. The molecule has 1 aromatic rings. The Bertz CT molecular complexity index is 333. The third-order valence-electron chi connectivity index (χ3n) is 3.13. The van der Waals surface area contributed by atoms with Crippen molar-refractivity contribution in [1.29, 1.82) is 0 Å². The summed E-state index contributed by atoms with van der Waals surface area (Å²) in [6, 6.07) is 8.71. The second-order valence-electron chi connectivity index (χ2n) is 5.36. The average Bonchev–Trinajstić information content (AvgIpc) is 2.29. The van der Waals surface area contributed by atoms with Gasteiger partial charge in [-0.1, -0.05) is 43.7 Å². The molecule has 0 spiro atoms. The first kappa shape index (κ1) is 14.2. The number of nitrogens with one attached hydrogen (secondary N) is 1. The van der Waals surface area contributed by atoms with Crippen molar-refractivity contribution in [3.63, 3.8) is 0 Å². The lowest BCUT2D eigenvalue weighted by Crippen LogP contribution is -2.33. The molecular weight excluding hydrogens is 210 g/mol. The lowest BCUT2D eigenvalue weighted by molar-refractivity contribution is 0.283. The minimum Gasteiger partial charge on any atom is -0.396 e. The SMILES string of the molecule is Cc1cccc(C(C)(C)CNCCCCO)c1. The molecule has 96 valence electrons. The second kappa shape index (κ2) is 6.77. The monoisotopic (exact) mass is 235 g/mol. The van der Waals surface area contributed by atoms with Crippen LogP contribution in [0.2, 0.25) is 0 Å². The van der Waals surface area contributed by atoms with Gasteiger partial charge >= 0.3 is 0 Å². The van der Waals surface area contributed by atoms with Gasteiger partial charge in [-0.15, -0.1) is 0 Å². The van der Waals surface area contributed by atoms with E-state index in [4.69, 9.17) is 5.11 Å². The van der Waals surface area contributed by atoms with Gasteiger partial charge in [0.05, 0.1) is 0 Å². The number of hydrogen-bond donors (Lipinski definition) is 2. The molecule has 2 N–H and O–H groups in total. The molecule has 2 heteroatoms. The maximum atomic E-state index is 8.71. The molecule has 1 aromatic carbocycles. The van der Waals surface area contributed by atoms with Crippen LogP contribution < -0.4 is 5.32 Å². The fourth-order valence-electron chi connectivity index (χ4n) is 1.93. The van der Waals surface area contributed by atoms with Crippen LogP contribution in [0.3, 0.4) is 0 Å². The Hall–Kier alpha value is -0.860. The molecular formula is C15H25NO. The highest BCUT2D eigenvalue weighted by molar-refractivity contribution is 5.28. The Morgan fingerprint density at radius 1 is 1.24 bits per heavy atom. The summed E-state index contributed by atoms with van der Waals surface area (Å²) >= 11 is 0. The smallest absolute Gasteiger partial charge is 0.0431 e. The van der Waals surface area contributed by atoms with Gasteiger partial charge in [0.15, 0.2) is 0 Å². The van der Waals surface area contributed by atoms with E-state index in [1.807, 2.05) is 0 Å². The largest absolute Gasteiger partial charge is 0.396 e. The third-order valence-corrected chi connectivity index (χ3v) is 3.13. The van der Waals surface area contributed by atoms with Crippen LogP contribution in [0, 0.1) is 6.92 Å². The van der Waals surface area contributed by atoms with Crippen molar-refractivity contribution < 1.29 is 5.11 Å². The fourth-order valence-corrected chi connectivity index (χ4v) is 1.93. The predicted octanol–water partition coefficient (Wildman–Crippen LogP) is 2.63. The van der Waals surface area contributed by atoms with Crippen LogP contribution in [0.25, 0.3) is 0 Å². The van der Waals surface area contributed by atoms with Crippen molar-refractivity contribution in [2.45, 2.75) is 39.0 Å². The summed E-state index contributed by atoms with van der Waals surface area (Å²) < 4.78 is 0. The number of benzene rings is 1. The van der Waals surface area contributed by atoms with Crippen molar-refractivity contribution in [2.24, 2.45) is 0 Å². The molecule has 0 aliphatic heterocycles. The van der Waals surface area contributed by atoms with Gasteiger partial charge < -0.3 is 10.4 Å². The Balaban J connectivity index is 2.45. The van der Waals surface area contributed by atoms with Crippen LogP contribution in [0.5, 0.6) is 0 Å². The summed E-state index contributed by atoms with van der Waals surface area (Å²) in [5.74, 6) is 0. The van der Waals surface area contributed by atoms with Gasteiger partial charge in [0, 0.05) is 18.6 Å². The predicted molar refractivity (Wildman–Crippen MR) is 73.4 cm³/mol. The van der Waals surface area contributed by atoms with E-state index < -0.39 is 0 Å². The van der Waals surface area contributed by atoms with Crippen LogP contribution >= 0.6 is 0 Å². The number of hydrogen-bond acceptors (Lipinski definition) is 2. The van der Waals surface area contributed by atoms with E-state index in [9.17, 15) is 0 Å². The number of rotatable bonds is 7. The summed E-state index contributed by atoms with van der Waals surface area (Å²) in [5, 5.41) is 12.2. The quantitative estimate of drug-likeness (QED) is 0.712. The van der Waals surface area contributed by atoms with Crippen LogP contribution in [-0.2, 0) is 5.41 Å².